The van der Waals surface area contributed by atoms with Gasteiger partial charge in [-0.25, -0.2) is 0 Å². The van der Waals surface area contributed by atoms with E-state index in [4.69, 9.17) is 11.6 Å². The number of likely N-dealkylation sites (tertiary alicyclic amines) is 1. The highest BCUT2D eigenvalue weighted by Gasteiger charge is 2.76. The van der Waals surface area contributed by atoms with E-state index in [0.717, 1.165) is 12.8 Å². The molecule has 7 atom stereocenters. The maximum atomic E-state index is 14.0. The van der Waals surface area contributed by atoms with Crippen LogP contribution in [0, 0.1) is 23.7 Å². The van der Waals surface area contributed by atoms with Gasteiger partial charge in [0.1, 0.15) is 6.04 Å². The topological polar surface area (TPSA) is 98.7 Å². The fourth-order valence-electron chi connectivity index (χ4n) is 6.15. The summed E-state index contributed by atoms with van der Waals surface area (Å²) in [6, 6.07) is 5.56. The molecule has 3 heterocycles. The number of fused-ring (bicyclic) bond motifs is 1. The standard InChI is InChI=1S/C25H34ClN3O4S/c1-5-10-27-22(31)19-18-11-14(4)25(34-18)20(19)24(33)29(17(12-30)13(2)3)21(25)23(32)28-16-8-6-15(26)7-9-16/h6-9,13-14,17-21,30H,5,10-12H2,1-4H3,(H,27,31)(H,28,32)/t14?,17-,18+,19-,20-,21?,25?/m0/s1. The van der Waals surface area contributed by atoms with E-state index >= 15 is 0 Å². The van der Waals surface area contributed by atoms with Gasteiger partial charge in [-0.15, -0.1) is 11.8 Å². The number of carbonyl (C=O) groups is 3. The van der Waals surface area contributed by atoms with Crippen LogP contribution in [0.2, 0.25) is 5.02 Å². The molecule has 0 aliphatic carbocycles. The van der Waals surface area contributed by atoms with Gasteiger partial charge in [-0.3, -0.25) is 14.4 Å². The van der Waals surface area contributed by atoms with Gasteiger partial charge in [-0.1, -0.05) is 39.3 Å². The summed E-state index contributed by atoms with van der Waals surface area (Å²) in [4.78, 5) is 42.7. The first-order chi connectivity index (χ1) is 16.2. The lowest BCUT2D eigenvalue weighted by Crippen LogP contribution is -2.58. The predicted octanol–water partition coefficient (Wildman–Crippen LogP) is 3.16. The molecule has 1 spiro atoms. The Hall–Kier alpha value is -1.77. The van der Waals surface area contributed by atoms with E-state index in [-0.39, 0.29) is 41.4 Å². The minimum atomic E-state index is -0.783. The molecule has 1 aromatic rings. The van der Waals surface area contributed by atoms with E-state index < -0.39 is 28.7 Å². The largest absolute Gasteiger partial charge is 0.394 e. The number of anilines is 1. The average molecular weight is 508 g/mol. The number of benzene rings is 1. The van der Waals surface area contributed by atoms with Crippen molar-refractivity contribution < 1.29 is 19.5 Å². The molecule has 3 fully saturated rings. The van der Waals surface area contributed by atoms with Crippen LogP contribution >= 0.6 is 23.4 Å². The molecule has 4 rings (SSSR count). The van der Waals surface area contributed by atoms with Crippen LogP contribution < -0.4 is 10.6 Å². The lowest BCUT2D eigenvalue weighted by atomic mass is 9.66. The van der Waals surface area contributed by atoms with Crippen molar-refractivity contribution in [3.8, 4) is 0 Å². The molecule has 3 aliphatic heterocycles. The van der Waals surface area contributed by atoms with E-state index in [2.05, 4.69) is 17.6 Å². The Morgan fingerprint density at radius 2 is 1.94 bits per heavy atom. The van der Waals surface area contributed by atoms with Gasteiger partial charge in [0.15, 0.2) is 0 Å². The molecular weight excluding hydrogens is 474 g/mol. The first kappa shape index (κ1) is 25.3. The molecule has 0 aromatic heterocycles. The smallest absolute Gasteiger partial charge is 0.248 e. The van der Waals surface area contributed by atoms with Crippen molar-refractivity contribution in [3.63, 3.8) is 0 Å². The van der Waals surface area contributed by atoms with E-state index in [1.54, 1.807) is 40.9 Å². The molecule has 1 aromatic carbocycles. The second-order valence-corrected chi connectivity index (χ2v) is 12.1. The number of nitrogens with zero attached hydrogens (tertiary/aromatic N) is 1. The van der Waals surface area contributed by atoms with E-state index in [0.29, 0.717) is 17.3 Å². The van der Waals surface area contributed by atoms with Gasteiger partial charge in [0.25, 0.3) is 0 Å². The molecule has 3 saturated heterocycles. The van der Waals surface area contributed by atoms with Crippen LogP contribution in [-0.4, -0.2) is 63.0 Å². The normalized spacial score (nSPS) is 32.7. The summed E-state index contributed by atoms with van der Waals surface area (Å²) in [6.07, 6.45) is 1.59. The number of carbonyl (C=O) groups excluding carboxylic acids is 3. The van der Waals surface area contributed by atoms with Crippen molar-refractivity contribution in [1.29, 1.82) is 0 Å². The molecule has 9 heteroatoms. The minimum Gasteiger partial charge on any atom is -0.394 e. The van der Waals surface area contributed by atoms with Crippen LogP contribution in [0.15, 0.2) is 24.3 Å². The second-order valence-electron chi connectivity index (χ2n) is 10.1. The van der Waals surface area contributed by atoms with Crippen LogP contribution in [-0.2, 0) is 14.4 Å². The maximum Gasteiger partial charge on any atom is 0.248 e. The second kappa shape index (κ2) is 9.70. The lowest BCUT2D eigenvalue weighted by Gasteiger charge is -2.40. The van der Waals surface area contributed by atoms with Gasteiger partial charge in [-0.05, 0) is 48.9 Å². The van der Waals surface area contributed by atoms with Gasteiger partial charge in [0.2, 0.25) is 17.7 Å². The summed E-state index contributed by atoms with van der Waals surface area (Å²) in [6.45, 7) is 8.27. The zero-order valence-corrected chi connectivity index (χ0v) is 21.7. The number of rotatable bonds is 8. The molecule has 7 nitrogen and oxygen atoms in total. The van der Waals surface area contributed by atoms with Gasteiger partial charge < -0.3 is 20.6 Å². The molecule has 3 aliphatic rings. The fourth-order valence-corrected chi connectivity index (χ4v) is 8.68. The zero-order chi connectivity index (χ0) is 24.8. The third kappa shape index (κ3) is 3.91. The molecule has 0 saturated carbocycles. The summed E-state index contributed by atoms with van der Waals surface area (Å²) < 4.78 is -0.714. The van der Waals surface area contributed by atoms with Gasteiger partial charge in [0, 0.05) is 22.5 Å². The Balaban J connectivity index is 1.76. The zero-order valence-electron chi connectivity index (χ0n) is 20.1. The van der Waals surface area contributed by atoms with Crippen LogP contribution in [0.4, 0.5) is 5.69 Å². The minimum absolute atomic E-state index is 0.000384. The van der Waals surface area contributed by atoms with Crippen LogP contribution in [0.3, 0.4) is 0 Å². The van der Waals surface area contributed by atoms with Gasteiger partial charge in [0.05, 0.1) is 29.2 Å². The molecular formula is C25H34ClN3O4S. The maximum absolute atomic E-state index is 14.0. The third-order valence-corrected chi connectivity index (χ3v) is 10.0. The van der Waals surface area contributed by atoms with Crippen molar-refractivity contribution in [2.45, 2.75) is 62.6 Å². The molecule has 3 amide bonds. The highest BCUT2D eigenvalue weighted by molar-refractivity contribution is 8.02. The Morgan fingerprint density at radius 1 is 1.26 bits per heavy atom. The number of aliphatic hydroxyl groups excluding tert-OH is 1. The lowest BCUT2D eigenvalue weighted by molar-refractivity contribution is -0.143. The molecule has 3 N–H and O–H groups in total. The molecule has 3 unspecified atom stereocenters. The average Bonchev–Trinajstić information content (AvgIpc) is 3.38. The van der Waals surface area contributed by atoms with E-state index in [9.17, 15) is 19.5 Å². The Morgan fingerprint density at radius 3 is 2.53 bits per heavy atom. The van der Waals surface area contributed by atoms with Gasteiger partial charge >= 0.3 is 0 Å². The van der Waals surface area contributed by atoms with Crippen LogP contribution in [0.25, 0.3) is 0 Å². The Labute approximate surface area is 210 Å². The summed E-state index contributed by atoms with van der Waals surface area (Å²) in [7, 11) is 0. The van der Waals surface area contributed by atoms with E-state index in [1.807, 2.05) is 20.8 Å². The first-order valence-corrected chi connectivity index (χ1v) is 13.4. The molecule has 34 heavy (non-hydrogen) atoms. The summed E-state index contributed by atoms with van der Waals surface area (Å²) >= 11 is 7.64. The van der Waals surface area contributed by atoms with Crippen molar-refractivity contribution in [1.82, 2.24) is 10.2 Å². The third-order valence-electron chi connectivity index (χ3n) is 7.71. The quantitative estimate of drug-likeness (QED) is 0.502. The van der Waals surface area contributed by atoms with Gasteiger partial charge in [-0.2, -0.15) is 0 Å². The van der Waals surface area contributed by atoms with Crippen molar-refractivity contribution >= 4 is 46.8 Å². The number of thioether (sulfide) groups is 1. The Bertz CT molecular complexity index is 958. The predicted molar refractivity (Wildman–Crippen MR) is 135 cm³/mol. The molecule has 2 bridgehead atoms. The van der Waals surface area contributed by atoms with Crippen molar-refractivity contribution in [2.24, 2.45) is 23.7 Å². The highest BCUT2D eigenvalue weighted by Crippen LogP contribution is 2.68. The van der Waals surface area contributed by atoms with Crippen molar-refractivity contribution in [3.05, 3.63) is 29.3 Å². The molecule has 186 valence electrons. The Kier molecular flexibility index (Phi) is 7.23. The SMILES string of the molecule is CCCNC(=O)[C@@H]1[C@H]2C(=O)N([C@@H](CO)C(C)C)C(C(=O)Nc3ccc(Cl)cc3)C23S[C@@H]1CC3C. The number of nitrogens with one attached hydrogen (secondary N) is 2. The number of hydrogen-bond acceptors (Lipinski definition) is 5. The summed E-state index contributed by atoms with van der Waals surface area (Å²) in [5, 5.41) is 16.8. The highest BCUT2D eigenvalue weighted by atomic mass is 35.5. The van der Waals surface area contributed by atoms with E-state index in [1.165, 1.54) is 0 Å². The number of amides is 3. The number of halogens is 1. The first-order valence-electron chi connectivity index (χ1n) is 12.1. The summed E-state index contributed by atoms with van der Waals surface area (Å²) in [5.41, 5.74) is 0.592. The summed E-state index contributed by atoms with van der Waals surface area (Å²) in [5.74, 6) is -1.62. The van der Waals surface area contributed by atoms with Crippen molar-refractivity contribution in [2.75, 3.05) is 18.5 Å². The van der Waals surface area contributed by atoms with Crippen LogP contribution in [0.5, 0.6) is 0 Å². The number of hydrogen-bond donors (Lipinski definition) is 3. The monoisotopic (exact) mass is 507 g/mol. The fraction of sp³-hybridized carbons (Fsp3) is 0.640. The molecule has 0 radical (unpaired) electrons. The number of aliphatic hydroxyl groups is 1. The van der Waals surface area contributed by atoms with Crippen LogP contribution in [0.1, 0.15) is 40.5 Å².